The molecule has 1 N–H and O–H groups in total. The summed E-state index contributed by atoms with van der Waals surface area (Å²) in [5, 5.41) is 18.2. The topological polar surface area (TPSA) is 48.6 Å². The van der Waals surface area contributed by atoms with E-state index in [2.05, 4.69) is 97.1 Å². The Labute approximate surface area is 267 Å². The lowest BCUT2D eigenvalue weighted by molar-refractivity contribution is 1.40. The van der Waals surface area contributed by atoms with Crippen LogP contribution >= 0.6 is 0 Å². The molecule has 0 spiro atoms. The molecule has 0 saturated heterocycles. The quantitative estimate of drug-likeness (QED) is 0.0922. The first kappa shape index (κ1) is 27.4. The first-order valence-electron chi connectivity index (χ1n) is 15.4. The van der Waals surface area contributed by atoms with Gasteiger partial charge in [-0.1, -0.05) is 158 Å². The fourth-order valence-electron chi connectivity index (χ4n) is 6.32. The van der Waals surface area contributed by atoms with Crippen LogP contribution < -0.4 is 0 Å². The molecule has 3 heteroatoms. The Morgan fingerprint density at radius 2 is 1.07 bits per heavy atom. The van der Waals surface area contributed by atoms with Crippen molar-refractivity contribution in [1.82, 2.24) is 0 Å². The monoisotopic (exact) mass is 587 g/mol. The molecule has 0 fully saturated rings. The number of hydrogen-bond acceptors (Lipinski definition) is 1. The van der Waals surface area contributed by atoms with Crippen molar-refractivity contribution >= 4 is 61.0 Å². The van der Waals surface area contributed by atoms with E-state index >= 15 is 0 Å². The zero-order valence-corrected chi connectivity index (χ0v) is 25.1. The molecule has 0 saturated carbocycles. The second-order valence-electron chi connectivity index (χ2n) is 11.4. The van der Waals surface area contributed by atoms with Crippen LogP contribution in [0.5, 0.6) is 0 Å². The first-order chi connectivity index (χ1) is 22.7. The Hall–Kier alpha value is -6.19. The van der Waals surface area contributed by atoms with Crippen molar-refractivity contribution in [3.63, 3.8) is 0 Å². The Kier molecular flexibility index (Phi) is 6.97. The molecule has 8 rings (SSSR count). The predicted octanol–water partition coefficient (Wildman–Crippen LogP) is 10.9. The highest BCUT2D eigenvalue weighted by Gasteiger charge is 2.13. The van der Waals surface area contributed by atoms with E-state index in [4.69, 9.17) is 15.4 Å². The van der Waals surface area contributed by atoms with Crippen LogP contribution in [0.2, 0.25) is 0 Å². The van der Waals surface area contributed by atoms with E-state index in [1.165, 1.54) is 16.2 Å². The normalized spacial score (nSPS) is 12.0. The second-order valence-corrected chi connectivity index (χ2v) is 11.4. The van der Waals surface area contributed by atoms with Crippen LogP contribution in [0.4, 0.5) is 0 Å². The number of rotatable bonds is 4. The van der Waals surface area contributed by atoms with Crippen LogP contribution in [0.1, 0.15) is 16.7 Å². The Morgan fingerprint density at radius 3 is 1.85 bits per heavy atom. The van der Waals surface area contributed by atoms with Crippen LogP contribution in [0.3, 0.4) is 0 Å². The van der Waals surface area contributed by atoms with E-state index in [0.29, 0.717) is 5.84 Å². The van der Waals surface area contributed by atoms with Crippen LogP contribution in [0.25, 0.3) is 54.2 Å². The molecule has 0 aromatic heterocycles. The van der Waals surface area contributed by atoms with Gasteiger partial charge in [-0.25, -0.2) is 9.98 Å². The third-order valence-electron chi connectivity index (χ3n) is 8.64. The molecule has 0 radical (unpaired) electrons. The van der Waals surface area contributed by atoms with Gasteiger partial charge in [0, 0.05) is 22.9 Å². The number of nitrogens with one attached hydrogen (secondary N) is 1. The van der Waals surface area contributed by atoms with Crippen molar-refractivity contribution in [1.29, 1.82) is 5.41 Å². The predicted molar refractivity (Wildman–Crippen MR) is 196 cm³/mol. The van der Waals surface area contributed by atoms with Gasteiger partial charge in [0.2, 0.25) is 0 Å². The van der Waals surface area contributed by atoms with E-state index in [-0.39, 0.29) is 5.84 Å². The zero-order chi connectivity index (χ0) is 30.9. The standard InChI is InChI=1S/C43H29N3/c44-42(33-23-21-30(22-24-33)29-11-2-1-3-12-29)46-43(39-20-10-16-31-13-4-7-17-35(31)39)45-28-41-37-19-9-6-15-34(37)27-40-36-18-8-5-14-32(36)25-26-38(40)41/h1-28,44H. The van der Waals surface area contributed by atoms with Crippen LogP contribution in [0.15, 0.2) is 174 Å². The molecule has 8 aromatic carbocycles. The van der Waals surface area contributed by atoms with Crippen molar-refractivity contribution < 1.29 is 0 Å². The van der Waals surface area contributed by atoms with Gasteiger partial charge >= 0.3 is 0 Å². The molecule has 0 aliphatic carbocycles. The maximum Gasteiger partial charge on any atom is 0.162 e. The van der Waals surface area contributed by atoms with Gasteiger partial charge in [0.25, 0.3) is 0 Å². The molecule has 0 bridgehead atoms. The van der Waals surface area contributed by atoms with Gasteiger partial charge in [-0.3, -0.25) is 5.41 Å². The number of nitrogens with zero attached hydrogens (tertiary/aromatic N) is 2. The highest BCUT2D eigenvalue weighted by atomic mass is 14.9. The largest absolute Gasteiger partial charge is 0.282 e. The molecule has 0 aliphatic heterocycles. The highest BCUT2D eigenvalue weighted by Crippen LogP contribution is 2.33. The van der Waals surface area contributed by atoms with Gasteiger partial charge in [0.15, 0.2) is 11.7 Å². The first-order valence-corrected chi connectivity index (χ1v) is 15.4. The molecule has 8 aromatic rings. The summed E-state index contributed by atoms with van der Waals surface area (Å²) < 4.78 is 0. The summed E-state index contributed by atoms with van der Waals surface area (Å²) in [4.78, 5) is 10.0. The Balaban J connectivity index is 1.29. The van der Waals surface area contributed by atoms with Crippen molar-refractivity contribution in [2.24, 2.45) is 9.98 Å². The average Bonchev–Trinajstić information content (AvgIpc) is 3.13. The van der Waals surface area contributed by atoms with Gasteiger partial charge in [-0.2, -0.15) is 0 Å². The number of amidine groups is 2. The van der Waals surface area contributed by atoms with Crippen molar-refractivity contribution in [2.45, 2.75) is 0 Å². The molecule has 3 nitrogen and oxygen atoms in total. The van der Waals surface area contributed by atoms with Gasteiger partial charge in [-0.05, 0) is 60.3 Å². The fourth-order valence-corrected chi connectivity index (χ4v) is 6.32. The summed E-state index contributed by atoms with van der Waals surface area (Å²) in [6.45, 7) is 0. The lowest BCUT2D eigenvalue weighted by Gasteiger charge is -2.12. The van der Waals surface area contributed by atoms with E-state index in [9.17, 15) is 0 Å². The van der Waals surface area contributed by atoms with Gasteiger partial charge in [-0.15, -0.1) is 0 Å². The summed E-state index contributed by atoms with van der Waals surface area (Å²) in [5.74, 6) is 0.657. The van der Waals surface area contributed by atoms with Crippen LogP contribution in [-0.2, 0) is 0 Å². The summed E-state index contributed by atoms with van der Waals surface area (Å²) in [5.41, 5.74) is 4.89. The summed E-state index contributed by atoms with van der Waals surface area (Å²) in [6.07, 6.45) is 1.94. The van der Waals surface area contributed by atoms with Crippen molar-refractivity contribution in [3.05, 3.63) is 180 Å². The lowest BCUT2D eigenvalue weighted by atomic mass is 9.94. The van der Waals surface area contributed by atoms with E-state index in [1.54, 1.807) is 0 Å². The molecule has 216 valence electrons. The molecule has 0 unspecified atom stereocenters. The Bertz CT molecular complexity index is 2470. The molecule has 0 aliphatic rings. The summed E-state index contributed by atoms with van der Waals surface area (Å²) in [7, 11) is 0. The number of fused-ring (bicyclic) bond motifs is 5. The van der Waals surface area contributed by atoms with E-state index in [1.807, 2.05) is 72.9 Å². The zero-order valence-electron chi connectivity index (χ0n) is 25.1. The number of hydrogen-bond donors (Lipinski definition) is 1. The van der Waals surface area contributed by atoms with Crippen molar-refractivity contribution in [3.8, 4) is 11.1 Å². The molecular formula is C43H29N3. The maximum atomic E-state index is 9.07. The molecule has 0 amide bonds. The van der Waals surface area contributed by atoms with Gasteiger partial charge in [0.05, 0.1) is 0 Å². The molecular weight excluding hydrogens is 558 g/mol. The highest BCUT2D eigenvalue weighted by molar-refractivity contribution is 6.23. The fraction of sp³-hybridized carbons (Fsp3) is 0. The third kappa shape index (κ3) is 5.04. The molecule has 46 heavy (non-hydrogen) atoms. The second kappa shape index (κ2) is 11.7. The van der Waals surface area contributed by atoms with E-state index in [0.717, 1.165) is 54.7 Å². The smallest absolute Gasteiger partial charge is 0.162 e. The minimum absolute atomic E-state index is 0.161. The molecule has 0 heterocycles. The molecule has 0 atom stereocenters. The third-order valence-corrected chi connectivity index (χ3v) is 8.64. The number of benzene rings is 8. The van der Waals surface area contributed by atoms with Crippen LogP contribution in [-0.4, -0.2) is 17.9 Å². The minimum atomic E-state index is 0.161. The SMILES string of the molecule is N=C(N=C(N=Cc1c2ccccc2cc2c1ccc1ccccc12)c1cccc2ccccc12)c1ccc(-c2ccccc2)cc1. The van der Waals surface area contributed by atoms with Gasteiger partial charge in [0.1, 0.15) is 0 Å². The number of aliphatic imine (C=N–C) groups is 2. The Morgan fingerprint density at radius 1 is 0.457 bits per heavy atom. The van der Waals surface area contributed by atoms with Crippen molar-refractivity contribution in [2.75, 3.05) is 0 Å². The van der Waals surface area contributed by atoms with Gasteiger partial charge < -0.3 is 0 Å². The summed E-state index contributed by atoms with van der Waals surface area (Å²) >= 11 is 0. The minimum Gasteiger partial charge on any atom is -0.282 e. The average molecular weight is 588 g/mol. The summed E-state index contributed by atoms with van der Waals surface area (Å²) in [6, 6.07) is 56.3. The van der Waals surface area contributed by atoms with Crippen LogP contribution in [0, 0.1) is 5.41 Å². The lowest BCUT2D eigenvalue weighted by Crippen LogP contribution is -2.05. The van der Waals surface area contributed by atoms with E-state index < -0.39 is 0 Å². The maximum absolute atomic E-state index is 9.07.